The minimum absolute atomic E-state index is 0.241. The summed E-state index contributed by atoms with van der Waals surface area (Å²) in [7, 11) is 0. The molecule has 1 fully saturated rings. The second kappa shape index (κ2) is 7.09. The van der Waals surface area contributed by atoms with E-state index in [2.05, 4.69) is 0 Å². The number of esters is 1. The zero-order valence-electron chi connectivity index (χ0n) is 10.3. The maximum atomic E-state index is 11.6. The van der Waals surface area contributed by atoms with Crippen LogP contribution >= 0.6 is 0 Å². The quantitative estimate of drug-likeness (QED) is 0.592. The molecule has 0 spiro atoms. The summed E-state index contributed by atoms with van der Waals surface area (Å²) in [6.07, 6.45) is 7.21. The van der Waals surface area contributed by atoms with Crippen LogP contribution in [0.2, 0.25) is 0 Å². The van der Waals surface area contributed by atoms with E-state index in [1.54, 1.807) is 6.92 Å². The predicted octanol–water partition coefficient (Wildman–Crippen LogP) is 2.53. The molecular formula is C13H20O4. The molecule has 1 rings (SSSR count). The normalized spacial score (nSPS) is 17.8. The number of hydrogen-bond donors (Lipinski definition) is 1. The van der Waals surface area contributed by atoms with Crippen molar-refractivity contribution in [1.82, 2.24) is 0 Å². The number of ether oxygens (including phenoxy) is 1. The van der Waals surface area contributed by atoms with E-state index in [1.165, 1.54) is 6.42 Å². The first-order valence-corrected chi connectivity index (χ1v) is 6.23. The van der Waals surface area contributed by atoms with Gasteiger partial charge in [0.15, 0.2) is 0 Å². The van der Waals surface area contributed by atoms with Crippen molar-refractivity contribution >= 4 is 11.9 Å². The standard InChI is InChI=1S/C13H20O4/c1-2-17-13(16)11(9-12(14)15)8-10-6-4-3-5-7-10/h8,10H,2-7,9H2,1H3,(H,14,15)/b11-8+. The van der Waals surface area contributed by atoms with Crippen LogP contribution in [0.4, 0.5) is 0 Å². The molecule has 0 aliphatic heterocycles. The number of hydrogen-bond acceptors (Lipinski definition) is 3. The van der Waals surface area contributed by atoms with Crippen LogP contribution < -0.4 is 0 Å². The fourth-order valence-corrected chi connectivity index (χ4v) is 2.17. The molecule has 0 aromatic heterocycles. The van der Waals surface area contributed by atoms with Gasteiger partial charge in [0.05, 0.1) is 13.0 Å². The lowest BCUT2D eigenvalue weighted by Crippen LogP contribution is -2.14. The Hall–Kier alpha value is -1.32. The molecule has 0 bridgehead atoms. The van der Waals surface area contributed by atoms with Gasteiger partial charge in [0.1, 0.15) is 0 Å². The topological polar surface area (TPSA) is 63.6 Å². The summed E-state index contributed by atoms with van der Waals surface area (Å²) in [6, 6.07) is 0. The highest BCUT2D eigenvalue weighted by Gasteiger charge is 2.18. The molecule has 17 heavy (non-hydrogen) atoms. The summed E-state index contributed by atoms with van der Waals surface area (Å²) in [5.41, 5.74) is 0.297. The van der Waals surface area contributed by atoms with E-state index < -0.39 is 11.9 Å². The fraction of sp³-hybridized carbons (Fsp3) is 0.692. The first kappa shape index (κ1) is 13.7. The Morgan fingerprint density at radius 2 is 1.94 bits per heavy atom. The van der Waals surface area contributed by atoms with Crippen molar-refractivity contribution in [2.24, 2.45) is 5.92 Å². The Bertz CT molecular complexity index is 301. The summed E-state index contributed by atoms with van der Waals surface area (Å²) >= 11 is 0. The van der Waals surface area contributed by atoms with Gasteiger partial charge in [0, 0.05) is 5.57 Å². The van der Waals surface area contributed by atoms with E-state index in [4.69, 9.17) is 9.84 Å². The SMILES string of the molecule is CCOC(=O)/C(=C/C1CCCCC1)CC(=O)O. The summed E-state index contributed by atoms with van der Waals surface area (Å²) in [6.45, 7) is 2.00. The van der Waals surface area contributed by atoms with Crippen molar-refractivity contribution in [3.63, 3.8) is 0 Å². The van der Waals surface area contributed by atoms with Gasteiger partial charge in [-0.15, -0.1) is 0 Å². The predicted molar refractivity (Wildman–Crippen MR) is 63.5 cm³/mol. The van der Waals surface area contributed by atoms with Crippen LogP contribution in [0, 0.1) is 5.92 Å². The van der Waals surface area contributed by atoms with Gasteiger partial charge in [-0.1, -0.05) is 25.3 Å². The number of carbonyl (C=O) groups excluding carboxylic acids is 1. The molecule has 0 aromatic rings. The Balaban J connectivity index is 2.69. The van der Waals surface area contributed by atoms with Gasteiger partial charge in [0.25, 0.3) is 0 Å². The lowest BCUT2D eigenvalue weighted by Gasteiger charge is -2.19. The smallest absolute Gasteiger partial charge is 0.334 e. The van der Waals surface area contributed by atoms with Crippen LogP contribution in [0.3, 0.4) is 0 Å². The van der Waals surface area contributed by atoms with Gasteiger partial charge < -0.3 is 9.84 Å². The maximum Gasteiger partial charge on any atom is 0.334 e. The van der Waals surface area contributed by atoms with Gasteiger partial charge >= 0.3 is 11.9 Å². The number of rotatable bonds is 5. The molecule has 4 heteroatoms. The second-order valence-electron chi connectivity index (χ2n) is 4.38. The molecule has 0 atom stereocenters. The van der Waals surface area contributed by atoms with Crippen molar-refractivity contribution in [2.45, 2.75) is 45.4 Å². The van der Waals surface area contributed by atoms with E-state index in [0.717, 1.165) is 25.7 Å². The van der Waals surface area contributed by atoms with Crippen LogP contribution in [0.1, 0.15) is 45.4 Å². The molecule has 0 saturated heterocycles. The minimum Gasteiger partial charge on any atom is -0.481 e. The highest BCUT2D eigenvalue weighted by atomic mass is 16.5. The first-order chi connectivity index (χ1) is 8.13. The molecule has 1 saturated carbocycles. The van der Waals surface area contributed by atoms with Crippen molar-refractivity contribution in [1.29, 1.82) is 0 Å². The van der Waals surface area contributed by atoms with E-state index >= 15 is 0 Å². The summed E-state index contributed by atoms with van der Waals surface area (Å²) in [5, 5.41) is 8.78. The minimum atomic E-state index is -0.986. The van der Waals surface area contributed by atoms with E-state index in [1.807, 2.05) is 6.08 Å². The van der Waals surface area contributed by atoms with Crippen molar-refractivity contribution < 1.29 is 19.4 Å². The maximum absolute atomic E-state index is 11.6. The van der Waals surface area contributed by atoms with Crippen molar-refractivity contribution in [3.05, 3.63) is 11.6 Å². The molecule has 0 amide bonds. The Morgan fingerprint density at radius 3 is 2.47 bits per heavy atom. The number of carboxylic acid groups (broad SMARTS) is 1. The molecule has 1 N–H and O–H groups in total. The second-order valence-corrected chi connectivity index (χ2v) is 4.38. The van der Waals surface area contributed by atoms with Gasteiger partial charge in [-0.05, 0) is 25.7 Å². The molecule has 1 aliphatic rings. The number of carboxylic acids is 1. The number of allylic oxidation sites excluding steroid dienone is 1. The third-order valence-corrected chi connectivity index (χ3v) is 2.97. The third-order valence-electron chi connectivity index (χ3n) is 2.97. The van der Waals surface area contributed by atoms with Gasteiger partial charge in [-0.3, -0.25) is 4.79 Å². The number of aliphatic carboxylic acids is 1. The molecule has 96 valence electrons. The molecule has 0 unspecified atom stereocenters. The van der Waals surface area contributed by atoms with E-state index in [0.29, 0.717) is 11.5 Å². The molecule has 0 radical (unpaired) electrons. The third kappa shape index (κ3) is 5.02. The van der Waals surface area contributed by atoms with Gasteiger partial charge in [0.2, 0.25) is 0 Å². The van der Waals surface area contributed by atoms with Gasteiger partial charge in [-0.25, -0.2) is 4.79 Å². The van der Waals surface area contributed by atoms with Gasteiger partial charge in [-0.2, -0.15) is 0 Å². The van der Waals surface area contributed by atoms with E-state index in [-0.39, 0.29) is 13.0 Å². The summed E-state index contributed by atoms with van der Waals surface area (Å²) < 4.78 is 4.88. The Morgan fingerprint density at radius 1 is 1.29 bits per heavy atom. The molecular weight excluding hydrogens is 220 g/mol. The zero-order chi connectivity index (χ0) is 12.7. The lowest BCUT2D eigenvalue weighted by molar-refractivity contribution is -0.142. The van der Waals surface area contributed by atoms with Crippen LogP contribution in [0.25, 0.3) is 0 Å². The molecule has 4 nitrogen and oxygen atoms in total. The Kier molecular flexibility index (Phi) is 5.73. The molecule has 0 heterocycles. The highest BCUT2D eigenvalue weighted by molar-refractivity contribution is 5.93. The van der Waals surface area contributed by atoms with Crippen molar-refractivity contribution in [3.8, 4) is 0 Å². The lowest BCUT2D eigenvalue weighted by atomic mass is 9.87. The molecule has 1 aliphatic carbocycles. The summed E-state index contributed by atoms with van der Waals surface area (Å²) in [5.74, 6) is -1.14. The monoisotopic (exact) mass is 240 g/mol. The fourth-order valence-electron chi connectivity index (χ4n) is 2.17. The summed E-state index contributed by atoms with van der Waals surface area (Å²) in [4.78, 5) is 22.3. The molecule has 0 aromatic carbocycles. The van der Waals surface area contributed by atoms with Crippen LogP contribution in [-0.2, 0) is 14.3 Å². The first-order valence-electron chi connectivity index (χ1n) is 6.23. The van der Waals surface area contributed by atoms with Crippen molar-refractivity contribution in [2.75, 3.05) is 6.61 Å². The Labute approximate surface area is 102 Å². The largest absolute Gasteiger partial charge is 0.481 e. The van der Waals surface area contributed by atoms with Crippen LogP contribution in [0.15, 0.2) is 11.6 Å². The van der Waals surface area contributed by atoms with E-state index in [9.17, 15) is 9.59 Å². The average molecular weight is 240 g/mol. The zero-order valence-corrected chi connectivity index (χ0v) is 10.3. The average Bonchev–Trinajstić information content (AvgIpc) is 2.29. The number of carbonyl (C=O) groups is 2. The highest BCUT2D eigenvalue weighted by Crippen LogP contribution is 2.26. The van der Waals surface area contributed by atoms with Crippen LogP contribution in [-0.4, -0.2) is 23.7 Å². The van der Waals surface area contributed by atoms with Crippen LogP contribution in [0.5, 0.6) is 0 Å².